The van der Waals surface area contributed by atoms with Crippen molar-refractivity contribution in [2.45, 2.75) is 39.2 Å². The lowest BCUT2D eigenvalue weighted by Crippen LogP contribution is -2.41. The molecule has 5 heteroatoms. The quantitative estimate of drug-likeness (QED) is 0.873. The second-order valence-electron chi connectivity index (χ2n) is 6.00. The number of amides is 1. The molecule has 3 heterocycles. The molecule has 1 atom stereocenters. The fraction of sp³-hybridized carbons (Fsp3) is 0.471. The summed E-state index contributed by atoms with van der Waals surface area (Å²) in [6, 6.07) is 4.29. The number of aromatic nitrogens is 3. The molecule has 1 saturated heterocycles. The lowest BCUT2D eigenvalue weighted by Gasteiger charge is -2.34. The van der Waals surface area contributed by atoms with Crippen molar-refractivity contribution >= 4 is 5.91 Å². The summed E-state index contributed by atoms with van der Waals surface area (Å²) >= 11 is 0. The van der Waals surface area contributed by atoms with E-state index in [0.717, 1.165) is 43.0 Å². The van der Waals surface area contributed by atoms with Gasteiger partial charge in [-0.05, 0) is 38.3 Å². The molecule has 0 N–H and O–H groups in total. The summed E-state index contributed by atoms with van der Waals surface area (Å²) in [6.07, 6.45) is 8.22. The minimum Gasteiger partial charge on any atom is -0.340 e. The van der Waals surface area contributed by atoms with E-state index in [2.05, 4.69) is 14.5 Å². The Balaban J connectivity index is 1.65. The van der Waals surface area contributed by atoms with E-state index in [-0.39, 0.29) is 5.91 Å². The summed E-state index contributed by atoms with van der Waals surface area (Å²) in [5.41, 5.74) is 1.96. The zero-order valence-corrected chi connectivity index (χ0v) is 13.2. The standard InChI is InChI=1S/C17H22N4O/c1-13-5-6-15(11-19-13)10-17(22)20-8-3-4-16(12-20)21-9-7-18-14(21)2/h5-7,9,11,16H,3-4,8,10,12H2,1-2H3/t16-/m1/s1. The van der Waals surface area contributed by atoms with Crippen molar-refractivity contribution in [3.8, 4) is 0 Å². The van der Waals surface area contributed by atoms with Crippen LogP contribution in [0.5, 0.6) is 0 Å². The molecule has 0 radical (unpaired) electrons. The predicted molar refractivity (Wildman–Crippen MR) is 84.5 cm³/mol. The molecule has 1 amide bonds. The predicted octanol–water partition coefficient (Wildman–Crippen LogP) is 2.30. The maximum atomic E-state index is 12.5. The number of carbonyl (C=O) groups excluding carboxylic acids is 1. The van der Waals surface area contributed by atoms with Crippen LogP contribution in [0.3, 0.4) is 0 Å². The highest BCUT2D eigenvalue weighted by atomic mass is 16.2. The maximum Gasteiger partial charge on any atom is 0.227 e. The average molecular weight is 298 g/mol. The fourth-order valence-corrected chi connectivity index (χ4v) is 3.07. The van der Waals surface area contributed by atoms with Gasteiger partial charge in [0.25, 0.3) is 0 Å². The number of aryl methyl sites for hydroxylation is 2. The Bertz CT molecular complexity index is 647. The topological polar surface area (TPSA) is 51.0 Å². The number of hydrogen-bond donors (Lipinski definition) is 0. The van der Waals surface area contributed by atoms with Crippen LogP contribution < -0.4 is 0 Å². The van der Waals surface area contributed by atoms with E-state index >= 15 is 0 Å². The molecule has 0 aromatic carbocycles. The minimum atomic E-state index is 0.188. The number of hydrogen-bond acceptors (Lipinski definition) is 3. The summed E-state index contributed by atoms with van der Waals surface area (Å²) < 4.78 is 2.19. The molecule has 0 spiro atoms. The van der Waals surface area contributed by atoms with Crippen molar-refractivity contribution < 1.29 is 4.79 Å². The first-order chi connectivity index (χ1) is 10.6. The number of carbonyl (C=O) groups is 1. The van der Waals surface area contributed by atoms with Gasteiger partial charge in [-0.15, -0.1) is 0 Å². The van der Waals surface area contributed by atoms with Gasteiger partial charge in [-0.25, -0.2) is 4.98 Å². The molecule has 0 saturated carbocycles. The van der Waals surface area contributed by atoms with Gasteiger partial charge in [0.15, 0.2) is 0 Å². The Hall–Kier alpha value is -2.17. The molecule has 1 aliphatic rings. The first-order valence-corrected chi connectivity index (χ1v) is 7.82. The smallest absolute Gasteiger partial charge is 0.227 e. The van der Waals surface area contributed by atoms with Crippen LogP contribution >= 0.6 is 0 Å². The number of piperidine rings is 1. The Kier molecular flexibility index (Phi) is 4.22. The molecule has 0 bridgehead atoms. The minimum absolute atomic E-state index is 0.188. The first kappa shape index (κ1) is 14.8. The molecule has 0 unspecified atom stereocenters. The summed E-state index contributed by atoms with van der Waals surface area (Å²) in [4.78, 5) is 23.1. The van der Waals surface area contributed by atoms with Crippen molar-refractivity contribution in [3.63, 3.8) is 0 Å². The van der Waals surface area contributed by atoms with E-state index in [1.807, 2.05) is 43.3 Å². The normalized spacial score (nSPS) is 18.5. The zero-order valence-electron chi connectivity index (χ0n) is 13.2. The van der Waals surface area contributed by atoms with Gasteiger partial charge in [0.1, 0.15) is 5.82 Å². The Morgan fingerprint density at radius 3 is 2.86 bits per heavy atom. The molecule has 22 heavy (non-hydrogen) atoms. The van der Waals surface area contributed by atoms with E-state index in [1.165, 1.54) is 0 Å². The van der Waals surface area contributed by atoms with E-state index < -0.39 is 0 Å². The first-order valence-electron chi connectivity index (χ1n) is 7.82. The van der Waals surface area contributed by atoms with Gasteiger partial charge < -0.3 is 9.47 Å². The molecule has 2 aromatic rings. The monoisotopic (exact) mass is 298 g/mol. The molecule has 5 nitrogen and oxygen atoms in total. The van der Waals surface area contributed by atoms with Crippen molar-refractivity contribution in [2.75, 3.05) is 13.1 Å². The van der Waals surface area contributed by atoms with Crippen molar-refractivity contribution in [1.82, 2.24) is 19.4 Å². The molecule has 1 fully saturated rings. The molecule has 0 aliphatic carbocycles. The summed E-state index contributed by atoms with van der Waals surface area (Å²) in [5.74, 6) is 1.20. The number of imidazole rings is 1. The second-order valence-corrected chi connectivity index (χ2v) is 6.00. The number of rotatable bonds is 3. The van der Waals surface area contributed by atoms with Crippen LogP contribution in [0.2, 0.25) is 0 Å². The molecule has 2 aromatic heterocycles. The van der Waals surface area contributed by atoms with Gasteiger partial charge in [0.2, 0.25) is 5.91 Å². The van der Waals surface area contributed by atoms with Crippen LogP contribution in [0, 0.1) is 13.8 Å². The van der Waals surface area contributed by atoms with Crippen LogP contribution in [-0.2, 0) is 11.2 Å². The van der Waals surface area contributed by atoms with Gasteiger partial charge in [-0.1, -0.05) is 6.07 Å². The lowest BCUT2D eigenvalue weighted by atomic mass is 10.0. The van der Waals surface area contributed by atoms with Crippen LogP contribution in [0.4, 0.5) is 0 Å². The highest BCUT2D eigenvalue weighted by Crippen LogP contribution is 2.23. The van der Waals surface area contributed by atoms with Crippen LogP contribution in [0.25, 0.3) is 0 Å². The highest BCUT2D eigenvalue weighted by molar-refractivity contribution is 5.78. The number of nitrogens with zero attached hydrogens (tertiary/aromatic N) is 4. The number of pyridine rings is 1. The molecule has 1 aliphatic heterocycles. The van der Waals surface area contributed by atoms with Gasteiger partial charge in [0, 0.05) is 37.4 Å². The third-order valence-electron chi connectivity index (χ3n) is 4.33. The SMILES string of the molecule is Cc1ccc(CC(=O)N2CCC[C@@H](n3ccnc3C)C2)cn1. The highest BCUT2D eigenvalue weighted by Gasteiger charge is 2.25. The molecular formula is C17H22N4O. The van der Waals surface area contributed by atoms with Crippen LogP contribution in [0.15, 0.2) is 30.7 Å². The van der Waals surface area contributed by atoms with Crippen molar-refractivity contribution in [3.05, 3.63) is 47.8 Å². The Morgan fingerprint density at radius 1 is 1.32 bits per heavy atom. The molecular weight excluding hydrogens is 276 g/mol. The third-order valence-corrected chi connectivity index (χ3v) is 4.33. The van der Waals surface area contributed by atoms with Gasteiger partial charge in [-0.3, -0.25) is 9.78 Å². The maximum absolute atomic E-state index is 12.5. The fourth-order valence-electron chi connectivity index (χ4n) is 3.07. The average Bonchev–Trinajstić information content (AvgIpc) is 2.96. The van der Waals surface area contributed by atoms with E-state index in [0.29, 0.717) is 12.5 Å². The van der Waals surface area contributed by atoms with Gasteiger partial charge in [0.05, 0.1) is 12.5 Å². The second kappa shape index (κ2) is 6.30. The van der Waals surface area contributed by atoms with Crippen molar-refractivity contribution in [1.29, 1.82) is 0 Å². The Labute approximate surface area is 131 Å². The molecule has 116 valence electrons. The number of likely N-dealkylation sites (tertiary alicyclic amines) is 1. The van der Waals surface area contributed by atoms with E-state index in [1.54, 1.807) is 6.20 Å². The van der Waals surface area contributed by atoms with E-state index in [9.17, 15) is 4.79 Å². The largest absolute Gasteiger partial charge is 0.340 e. The van der Waals surface area contributed by atoms with Crippen LogP contribution in [0.1, 0.15) is 36.0 Å². The van der Waals surface area contributed by atoms with Gasteiger partial charge >= 0.3 is 0 Å². The summed E-state index contributed by atoms with van der Waals surface area (Å²) in [7, 11) is 0. The summed E-state index contributed by atoms with van der Waals surface area (Å²) in [6.45, 7) is 5.59. The summed E-state index contributed by atoms with van der Waals surface area (Å²) in [5, 5.41) is 0. The van der Waals surface area contributed by atoms with Crippen molar-refractivity contribution in [2.24, 2.45) is 0 Å². The lowest BCUT2D eigenvalue weighted by molar-refractivity contribution is -0.132. The van der Waals surface area contributed by atoms with E-state index in [4.69, 9.17) is 0 Å². The third kappa shape index (κ3) is 3.18. The molecule has 3 rings (SSSR count). The van der Waals surface area contributed by atoms with Gasteiger partial charge in [-0.2, -0.15) is 0 Å². The zero-order chi connectivity index (χ0) is 15.5. The Morgan fingerprint density at radius 2 is 2.18 bits per heavy atom. The van der Waals surface area contributed by atoms with Crippen LogP contribution in [-0.4, -0.2) is 38.4 Å².